The highest BCUT2D eigenvalue weighted by Crippen LogP contribution is 2.17. The minimum absolute atomic E-state index is 0.0688. The molecule has 0 bridgehead atoms. The lowest BCUT2D eigenvalue weighted by molar-refractivity contribution is 0.100. The van der Waals surface area contributed by atoms with Crippen LogP contribution in [0.1, 0.15) is 46.8 Å². The molecule has 16 heavy (non-hydrogen) atoms. The van der Waals surface area contributed by atoms with Gasteiger partial charge in [0.2, 0.25) is 0 Å². The van der Waals surface area contributed by atoms with Gasteiger partial charge in [-0.05, 0) is 12.5 Å². The van der Waals surface area contributed by atoms with Crippen LogP contribution in [0.2, 0.25) is 0 Å². The van der Waals surface area contributed by atoms with Gasteiger partial charge < -0.3 is 4.57 Å². The molecule has 84 valence electrons. The molecule has 0 aliphatic rings. The van der Waals surface area contributed by atoms with Crippen LogP contribution < -0.4 is 0 Å². The number of Topliss-reactive ketones (excluding diaryl/α,β-unsaturated/α-hetero) is 1. The van der Waals surface area contributed by atoms with Crippen LogP contribution in [0.5, 0.6) is 0 Å². The molecule has 3 nitrogen and oxygen atoms in total. The Bertz CT molecular complexity index is 449. The van der Waals surface area contributed by atoms with Crippen molar-refractivity contribution >= 4 is 12.1 Å². The Morgan fingerprint density at radius 1 is 1.62 bits per heavy atom. The molecule has 0 aliphatic carbocycles. The molecule has 1 aromatic heterocycles. The van der Waals surface area contributed by atoms with Crippen molar-refractivity contribution in [3.8, 4) is 12.3 Å². The van der Waals surface area contributed by atoms with Crippen LogP contribution in [0.3, 0.4) is 0 Å². The van der Waals surface area contributed by atoms with Gasteiger partial charge in [0, 0.05) is 18.2 Å². The summed E-state index contributed by atoms with van der Waals surface area (Å²) in [4.78, 5) is 22.3. The summed E-state index contributed by atoms with van der Waals surface area (Å²) in [5, 5.41) is 0. The topological polar surface area (TPSA) is 39.1 Å². The van der Waals surface area contributed by atoms with Gasteiger partial charge in [-0.3, -0.25) is 9.59 Å². The molecule has 0 saturated heterocycles. The molecule has 1 heterocycles. The number of rotatable bonds is 5. The Morgan fingerprint density at radius 2 is 2.31 bits per heavy atom. The largest absolute Gasteiger partial charge is 0.330 e. The molecule has 0 atom stereocenters. The molecular weight excluding hydrogens is 202 g/mol. The van der Waals surface area contributed by atoms with Crippen molar-refractivity contribution in [1.82, 2.24) is 4.57 Å². The lowest BCUT2D eigenvalue weighted by atomic mass is 10.2. The fraction of sp³-hybridized carbons (Fsp3) is 0.385. The molecule has 0 aliphatic heterocycles. The number of hydrogen-bond donors (Lipinski definition) is 0. The van der Waals surface area contributed by atoms with E-state index >= 15 is 0 Å². The van der Waals surface area contributed by atoms with E-state index in [0.717, 1.165) is 24.8 Å². The van der Waals surface area contributed by atoms with E-state index in [2.05, 4.69) is 5.92 Å². The molecule has 3 heteroatoms. The highest BCUT2D eigenvalue weighted by atomic mass is 16.1. The predicted molar refractivity (Wildman–Crippen MR) is 62.7 cm³/mol. The molecule has 1 rings (SSSR count). The van der Waals surface area contributed by atoms with E-state index < -0.39 is 0 Å². The van der Waals surface area contributed by atoms with Gasteiger partial charge >= 0.3 is 0 Å². The van der Waals surface area contributed by atoms with Crippen molar-refractivity contribution in [2.75, 3.05) is 0 Å². The van der Waals surface area contributed by atoms with Crippen molar-refractivity contribution in [2.45, 2.75) is 33.2 Å². The van der Waals surface area contributed by atoms with E-state index in [1.165, 1.54) is 6.92 Å². The second-order valence-corrected chi connectivity index (χ2v) is 3.65. The lowest BCUT2D eigenvalue weighted by Crippen LogP contribution is -2.09. The summed E-state index contributed by atoms with van der Waals surface area (Å²) in [6, 6.07) is 1.62. The molecule has 0 fully saturated rings. The van der Waals surface area contributed by atoms with Gasteiger partial charge in [-0.1, -0.05) is 19.3 Å². The number of carbonyl (C=O) groups excluding carboxylic acids is 2. The highest BCUT2D eigenvalue weighted by Gasteiger charge is 2.15. The molecule has 0 saturated carbocycles. The summed E-state index contributed by atoms with van der Waals surface area (Å²) >= 11 is 0. The third kappa shape index (κ3) is 2.22. The van der Waals surface area contributed by atoms with Crippen LogP contribution in [0.15, 0.2) is 6.07 Å². The quantitative estimate of drug-likeness (QED) is 0.430. The smallest absolute Gasteiger partial charge is 0.176 e. The normalized spacial score (nSPS) is 9.81. The summed E-state index contributed by atoms with van der Waals surface area (Å²) in [5.74, 6) is 2.44. The summed E-state index contributed by atoms with van der Waals surface area (Å²) in [5.41, 5.74) is 1.95. The van der Waals surface area contributed by atoms with Gasteiger partial charge in [0.25, 0.3) is 0 Å². The van der Waals surface area contributed by atoms with Gasteiger partial charge in [-0.25, -0.2) is 0 Å². The number of ketones is 1. The van der Waals surface area contributed by atoms with E-state index in [0.29, 0.717) is 17.8 Å². The number of terminal acetylenes is 1. The number of nitrogens with zero attached hydrogens (tertiary/aromatic N) is 1. The van der Waals surface area contributed by atoms with Crippen LogP contribution in [-0.2, 0) is 13.0 Å². The zero-order chi connectivity index (χ0) is 12.1. The van der Waals surface area contributed by atoms with Gasteiger partial charge in [0.05, 0.1) is 12.2 Å². The van der Waals surface area contributed by atoms with Crippen molar-refractivity contribution in [3.63, 3.8) is 0 Å². The van der Waals surface area contributed by atoms with E-state index in [-0.39, 0.29) is 5.78 Å². The van der Waals surface area contributed by atoms with E-state index in [4.69, 9.17) is 6.42 Å². The second kappa shape index (κ2) is 5.32. The first-order valence-corrected chi connectivity index (χ1v) is 5.27. The maximum Gasteiger partial charge on any atom is 0.176 e. The van der Waals surface area contributed by atoms with Crippen molar-refractivity contribution in [2.24, 2.45) is 0 Å². The summed E-state index contributed by atoms with van der Waals surface area (Å²) in [7, 11) is 0. The Kier molecular flexibility index (Phi) is 4.07. The van der Waals surface area contributed by atoms with Crippen molar-refractivity contribution in [3.05, 3.63) is 23.0 Å². The number of hydrogen-bond acceptors (Lipinski definition) is 2. The molecule has 0 unspecified atom stereocenters. The van der Waals surface area contributed by atoms with E-state index in [9.17, 15) is 9.59 Å². The summed E-state index contributed by atoms with van der Waals surface area (Å²) in [6.07, 6.45) is 7.72. The maximum atomic E-state index is 11.4. The SMILES string of the molecule is C#CCn1c(C(C)=O)cc(C=O)c1CCC. The average molecular weight is 217 g/mol. The number of aldehydes is 1. The molecule has 0 amide bonds. The van der Waals surface area contributed by atoms with Crippen LogP contribution in [-0.4, -0.2) is 16.6 Å². The number of carbonyl (C=O) groups is 2. The van der Waals surface area contributed by atoms with Crippen LogP contribution >= 0.6 is 0 Å². The van der Waals surface area contributed by atoms with Crippen LogP contribution in [0.25, 0.3) is 0 Å². The first-order chi connectivity index (χ1) is 7.65. The molecular formula is C13H15NO2. The lowest BCUT2D eigenvalue weighted by Gasteiger charge is -2.08. The molecule has 1 aromatic rings. The van der Waals surface area contributed by atoms with Gasteiger partial charge in [-0.2, -0.15) is 0 Å². The fourth-order valence-electron chi connectivity index (χ4n) is 1.79. The summed E-state index contributed by atoms with van der Waals surface area (Å²) < 4.78 is 1.76. The molecule has 0 spiro atoms. The predicted octanol–water partition coefficient (Wildman–Crippen LogP) is 2.09. The van der Waals surface area contributed by atoms with Crippen molar-refractivity contribution < 1.29 is 9.59 Å². The standard InChI is InChI=1S/C13H15NO2/c1-4-6-12-11(9-15)8-13(10(3)16)14(12)7-5-2/h2,8-9H,4,6-7H2,1,3H3. The minimum Gasteiger partial charge on any atom is -0.330 e. The van der Waals surface area contributed by atoms with Gasteiger partial charge in [0.15, 0.2) is 12.1 Å². The Morgan fingerprint density at radius 3 is 2.75 bits per heavy atom. The van der Waals surface area contributed by atoms with Gasteiger partial charge in [-0.15, -0.1) is 6.42 Å². The summed E-state index contributed by atoms with van der Waals surface area (Å²) in [6.45, 7) is 3.83. The monoisotopic (exact) mass is 217 g/mol. The first-order valence-electron chi connectivity index (χ1n) is 5.27. The minimum atomic E-state index is -0.0688. The molecule has 0 radical (unpaired) electrons. The third-order valence-corrected chi connectivity index (χ3v) is 2.47. The Hall–Kier alpha value is -1.82. The molecule has 0 aromatic carbocycles. The zero-order valence-corrected chi connectivity index (χ0v) is 9.62. The Balaban J connectivity index is 3.35. The van der Waals surface area contributed by atoms with Crippen LogP contribution in [0, 0.1) is 12.3 Å². The first kappa shape index (κ1) is 12.3. The molecule has 0 N–H and O–H groups in total. The zero-order valence-electron chi connectivity index (χ0n) is 9.62. The van der Waals surface area contributed by atoms with Crippen molar-refractivity contribution in [1.29, 1.82) is 0 Å². The third-order valence-electron chi connectivity index (χ3n) is 2.47. The highest BCUT2D eigenvalue weighted by molar-refractivity contribution is 5.95. The number of aromatic nitrogens is 1. The van der Waals surface area contributed by atoms with Crippen LogP contribution in [0.4, 0.5) is 0 Å². The average Bonchev–Trinajstić information content (AvgIpc) is 2.59. The van der Waals surface area contributed by atoms with E-state index in [1.807, 2.05) is 6.92 Å². The van der Waals surface area contributed by atoms with Gasteiger partial charge in [0.1, 0.15) is 0 Å². The maximum absolute atomic E-state index is 11.4. The van der Waals surface area contributed by atoms with E-state index in [1.54, 1.807) is 10.6 Å². The Labute approximate surface area is 95.5 Å². The fourth-order valence-corrected chi connectivity index (χ4v) is 1.79. The second-order valence-electron chi connectivity index (χ2n) is 3.65.